The fraction of sp³-hybridized carbons (Fsp3) is 0.438. The Morgan fingerprint density at radius 1 is 0.279 bits per heavy atom. The van der Waals surface area contributed by atoms with Gasteiger partial charge in [0.2, 0.25) is 7.37 Å². The summed E-state index contributed by atoms with van der Waals surface area (Å²) < 4.78 is 110. The molecule has 0 aromatic heterocycles. The SMILES string of the molecule is CCCCCCCCCCCCCCCCCCP(=O)(Cc1ccccc1)OC(CO[C@H]1O[C@H](COCc2ccccc2)[C@@H](OCc2ccccc2)[C@H](OCc2ccccc2)[C@@H]1OCc1ccccc1)CO[C@H]1O[C@H](COCc2ccccc2)[C@@H](OCc2ccccc2)[C@H](OCc2ccccc2)[C@@H]1OCc1ccccc1. The first kappa shape index (κ1) is 84.6. The molecular formula is C96H119O14P. The molecule has 0 bridgehead atoms. The molecule has 0 spiro atoms. The van der Waals surface area contributed by atoms with Crippen LogP contribution in [-0.2, 0) is 125 Å². The molecule has 2 heterocycles. The van der Waals surface area contributed by atoms with E-state index in [1.807, 2.05) is 273 Å². The highest BCUT2D eigenvalue weighted by Gasteiger charge is 2.52. The van der Waals surface area contributed by atoms with Crippen molar-refractivity contribution in [3.63, 3.8) is 0 Å². The lowest BCUT2D eigenvalue weighted by molar-refractivity contribution is -0.338. The third-order valence-electron chi connectivity index (χ3n) is 20.5. The second-order valence-electron chi connectivity index (χ2n) is 29.5. The molecule has 592 valence electrons. The van der Waals surface area contributed by atoms with Crippen LogP contribution in [0.1, 0.15) is 160 Å². The van der Waals surface area contributed by atoms with Crippen LogP contribution in [-0.4, -0.2) is 100 Å². The van der Waals surface area contributed by atoms with E-state index in [4.69, 9.17) is 61.4 Å². The minimum atomic E-state index is -3.62. The smallest absolute Gasteiger partial charge is 0.207 e. The van der Waals surface area contributed by atoms with Crippen molar-refractivity contribution in [3.8, 4) is 0 Å². The van der Waals surface area contributed by atoms with Gasteiger partial charge < -0.3 is 61.4 Å². The fourth-order valence-corrected chi connectivity index (χ4v) is 17.0. The maximum Gasteiger partial charge on any atom is 0.207 e. The number of benzene rings is 9. The highest BCUT2D eigenvalue weighted by molar-refractivity contribution is 7.58. The van der Waals surface area contributed by atoms with Gasteiger partial charge in [-0.1, -0.05) is 376 Å². The van der Waals surface area contributed by atoms with Crippen molar-refractivity contribution in [3.05, 3.63) is 323 Å². The molecule has 9 aromatic carbocycles. The van der Waals surface area contributed by atoms with Gasteiger partial charge in [0, 0.05) is 12.3 Å². The molecule has 0 N–H and O–H groups in total. The van der Waals surface area contributed by atoms with Crippen LogP contribution in [0.3, 0.4) is 0 Å². The lowest BCUT2D eigenvalue weighted by atomic mass is 9.97. The topological polar surface area (TPSA) is 137 Å². The zero-order chi connectivity index (χ0) is 76.3. The van der Waals surface area contributed by atoms with Crippen molar-refractivity contribution < 1.29 is 65.9 Å². The predicted molar refractivity (Wildman–Crippen MR) is 439 cm³/mol. The molecule has 0 saturated carbocycles. The van der Waals surface area contributed by atoms with Crippen LogP contribution >= 0.6 is 7.37 Å². The van der Waals surface area contributed by atoms with Crippen LogP contribution in [0.4, 0.5) is 0 Å². The zero-order valence-electron chi connectivity index (χ0n) is 65.2. The molecular weight excluding hydrogens is 1410 g/mol. The molecule has 111 heavy (non-hydrogen) atoms. The van der Waals surface area contributed by atoms with Gasteiger partial charge in [-0.15, -0.1) is 0 Å². The minimum absolute atomic E-state index is 0.114. The van der Waals surface area contributed by atoms with Gasteiger partial charge in [-0.25, -0.2) is 0 Å². The molecule has 2 saturated heterocycles. The van der Waals surface area contributed by atoms with E-state index in [-0.39, 0.29) is 72.2 Å². The highest BCUT2D eigenvalue weighted by Crippen LogP contribution is 2.53. The Bertz CT molecular complexity index is 3670. The van der Waals surface area contributed by atoms with E-state index in [1.54, 1.807) is 0 Å². The quantitative estimate of drug-likeness (QED) is 0.0264. The molecule has 2 aliphatic heterocycles. The largest absolute Gasteiger partial charge is 0.374 e. The number of hydrogen-bond donors (Lipinski definition) is 0. The van der Waals surface area contributed by atoms with Crippen molar-refractivity contribution in [2.24, 2.45) is 0 Å². The average Bonchev–Trinajstić information content (AvgIpc) is 0.790. The van der Waals surface area contributed by atoms with Gasteiger partial charge >= 0.3 is 0 Å². The Labute approximate surface area is 661 Å². The van der Waals surface area contributed by atoms with Crippen molar-refractivity contribution in [1.82, 2.24) is 0 Å². The van der Waals surface area contributed by atoms with Crippen molar-refractivity contribution in [2.75, 3.05) is 32.6 Å². The second kappa shape index (κ2) is 49.3. The summed E-state index contributed by atoms with van der Waals surface area (Å²) in [7, 11) is -3.62. The molecule has 9 aromatic rings. The third kappa shape index (κ3) is 30.2. The molecule has 14 nitrogen and oxygen atoms in total. The van der Waals surface area contributed by atoms with Gasteiger partial charge in [0.15, 0.2) is 12.6 Å². The van der Waals surface area contributed by atoms with E-state index in [0.717, 1.165) is 69.3 Å². The number of hydrogen-bond acceptors (Lipinski definition) is 14. The van der Waals surface area contributed by atoms with Gasteiger partial charge in [-0.2, -0.15) is 0 Å². The molecule has 11 rings (SSSR count). The molecule has 2 fully saturated rings. The monoisotopic (exact) mass is 1530 g/mol. The van der Waals surface area contributed by atoms with Gasteiger partial charge in [0.25, 0.3) is 0 Å². The minimum Gasteiger partial charge on any atom is -0.374 e. The van der Waals surface area contributed by atoms with E-state index < -0.39 is 74.9 Å². The Morgan fingerprint density at radius 2 is 0.523 bits per heavy atom. The summed E-state index contributed by atoms with van der Waals surface area (Å²) in [4.78, 5) is 0. The maximum atomic E-state index is 16.5. The van der Waals surface area contributed by atoms with E-state index in [9.17, 15) is 0 Å². The second-order valence-corrected chi connectivity index (χ2v) is 32.1. The first-order valence-corrected chi connectivity index (χ1v) is 42.9. The molecule has 11 atom stereocenters. The maximum absolute atomic E-state index is 16.5. The van der Waals surface area contributed by atoms with E-state index in [2.05, 4.69) is 6.92 Å². The third-order valence-corrected chi connectivity index (χ3v) is 23.1. The van der Waals surface area contributed by atoms with Gasteiger partial charge in [0.1, 0.15) is 54.9 Å². The van der Waals surface area contributed by atoms with Crippen LogP contribution in [0.2, 0.25) is 0 Å². The summed E-state index contributed by atoms with van der Waals surface area (Å²) >= 11 is 0. The lowest BCUT2D eigenvalue weighted by Gasteiger charge is -2.46. The number of ether oxygens (including phenoxy) is 12. The molecule has 0 radical (unpaired) electrons. The first-order chi connectivity index (χ1) is 54.9. The summed E-state index contributed by atoms with van der Waals surface area (Å²) in [5.41, 5.74) is 8.70. The number of unbranched alkanes of at least 4 members (excludes halogenated alkanes) is 15. The summed E-state index contributed by atoms with van der Waals surface area (Å²) in [6, 6.07) is 90.7. The average molecular weight is 1530 g/mol. The Hall–Kier alpha value is -7.31. The van der Waals surface area contributed by atoms with Crippen molar-refractivity contribution in [2.45, 2.75) is 236 Å². The van der Waals surface area contributed by atoms with Crippen LogP contribution < -0.4 is 0 Å². The lowest BCUT2D eigenvalue weighted by Crippen LogP contribution is -2.62. The Kier molecular flexibility index (Phi) is 37.6. The fourth-order valence-electron chi connectivity index (χ4n) is 14.5. The Morgan fingerprint density at radius 3 is 0.811 bits per heavy atom. The Balaban J connectivity index is 0.928. The standard InChI is InChI=1S/C96H119O14P/c1-2-3-4-5-6-7-8-9-10-11-12-13-14-15-16-44-63-111(97,76-85-61-42-25-43-62-85)110-86(72-106-95-93(104-70-83-57-38-23-39-58-83)91(102-68-81-53-34-21-35-54-81)89(100-66-79-49-30-19-31-50-79)87(108-95)74-98-64-77-45-26-17-27-46-77)73-107-96-94(105-71-84-59-40-24-41-60-84)92(103-69-82-55-36-22-37-56-82)90(101-67-80-51-32-20-33-52-80)88(109-96)75-99-65-78-47-28-18-29-48-78/h17-43,45-62,86-96H,2-16,44,63-76H2,1H3/t87-,88-,89-,90-,91+,92+,93+,94+,95+,96+,111?/m1/s1. The predicted octanol–water partition coefficient (Wildman–Crippen LogP) is 21.5. The van der Waals surface area contributed by atoms with E-state index in [1.165, 1.54) is 77.0 Å². The molecule has 0 amide bonds. The van der Waals surface area contributed by atoms with Gasteiger partial charge in [-0.05, 0) is 56.5 Å². The molecule has 1 unspecified atom stereocenters. The molecule has 2 aliphatic rings. The summed E-state index contributed by atoms with van der Waals surface area (Å²) in [6.07, 6.45) is 10.5. The van der Waals surface area contributed by atoms with Gasteiger partial charge in [-0.3, -0.25) is 4.57 Å². The molecule has 15 heteroatoms. The van der Waals surface area contributed by atoms with Crippen LogP contribution in [0.5, 0.6) is 0 Å². The first-order valence-electron chi connectivity index (χ1n) is 40.9. The van der Waals surface area contributed by atoms with Crippen LogP contribution in [0, 0.1) is 0 Å². The van der Waals surface area contributed by atoms with E-state index in [0.29, 0.717) is 25.8 Å². The van der Waals surface area contributed by atoms with Gasteiger partial charge in [0.05, 0.1) is 79.3 Å². The normalized spacial score (nSPS) is 20.5. The van der Waals surface area contributed by atoms with Crippen LogP contribution in [0.25, 0.3) is 0 Å². The summed E-state index contributed by atoms with van der Waals surface area (Å²) in [5, 5.41) is 0. The zero-order valence-corrected chi connectivity index (χ0v) is 66.1. The summed E-state index contributed by atoms with van der Waals surface area (Å²) in [6.45, 7) is 4.17. The van der Waals surface area contributed by atoms with E-state index >= 15 is 4.57 Å². The van der Waals surface area contributed by atoms with Crippen molar-refractivity contribution >= 4 is 7.37 Å². The highest BCUT2D eigenvalue weighted by atomic mass is 31.2. The molecule has 0 aliphatic carbocycles. The van der Waals surface area contributed by atoms with Crippen LogP contribution in [0.15, 0.2) is 273 Å². The number of rotatable bonds is 53. The summed E-state index contributed by atoms with van der Waals surface area (Å²) in [5.74, 6) is 0. The van der Waals surface area contributed by atoms with Crippen molar-refractivity contribution in [1.29, 1.82) is 0 Å².